The third-order valence-electron chi connectivity index (χ3n) is 2.49. The fourth-order valence-corrected chi connectivity index (χ4v) is 1.55. The molecule has 1 amide bonds. The van der Waals surface area contributed by atoms with Crippen LogP contribution in [-0.2, 0) is 11.3 Å². The van der Waals surface area contributed by atoms with E-state index in [2.05, 4.69) is 17.3 Å². The van der Waals surface area contributed by atoms with Gasteiger partial charge in [0.05, 0.1) is 0 Å². The normalized spacial score (nSPS) is 10.3. The number of unbranched alkanes of at least 4 members (excludes halogenated alkanes) is 3. The van der Waals surface area contributed by atoms with Crippen molar-refractivity contribution >= 4 is 11.9 Å². The molecule has 0 atom stereocenters. The lowest BCUT2D eigenvalue weighted by Crippen LogP contribution is -2.25. The predicted octanol–water partition coefficient (Wildman–Crippen LogP) is 1.28. The van der Waals surface area contributed by atoms with Crippen LogP contribution in [0.15, 0.2) is 12.3 Å². The summed E-state index contributed by atoms with van der Waals surface area (Å²) in [6.45, 7) is 2.53. The van der Waals surface area contributed by atoms with Gasteiger partial charge in [0.2, 0.25) is 0 Å². The predicted molar refractivity (Wildman–Crippen MR) is 66.3 cm³/mol. The van der Waals surface area contributed by atoms with Crippen LogP contribution < -0.4 is 5.32 Å². The summed E-state index contributed by atoms with van der Waals surface area (Å²) >= 11 is 0. The number of carbonyl (C=O) groups is 2. The molecule has 18 heavy (non-hydrogen) atoms. The minimum Gasteiger partial charge on any atom is -0.480 e. The maximum atomic E-state index is 11.6. The molecule has 0 radical (unpaired) electrons. The van der Waals surface area contributed by atoms with Gasteiger partial charge in [0.15, 0.2) is 0 Å². The number of carbonyl (C=O) groups excluding carboxylic acids is 1. The Balaban J connectivity index is 2.33. The molecule has 0 spiro atoms. The number of nitrogens with zero attached hydrogens (tertiary/aromatic N) is 2. The summed E-state index contributed by atoms with van der Waals surface area (Å²) < 4.78 is 1.23. The van der Waals surface area contributed by atoms with Gasteiger partial charge in [-0.25, -0.2) is 0 Å². The van der Waals surface area contributed by atoms with Gasteiger partial charge < -0.3 is 10.4 Å². The van der Waals surface area contributed by atoms with Gasteiger partial charge in [0, 0.05) is 12.7 Å². The Hall–Kier alpha value is -1.85. The highest BCUT2D eigenvalue weighted by molar-refractivity contribution is 5.92. The molecule has 0 saturated heterocycles. The van der Waals surface area contributed by atoms with Crippen molar-refractivity contribution in [3.8, 4) is 0 Å². The highest BCUT2D eigenvalue weighted by Gasteiger charge is 2.09. The van der Waals surface area contributed by atoms with Gasteiger partial charge in [0.1, 0.15) is 12.2 Å². The number of hydrogen-bond acceptors (Lipinski definition) is 3. The van der Waals surface area contributed by atoms with Crippen LogP contribution in [0.5, 0.6) is 0 Å². The van der Waals surface area contributed by atoms with E-state index in [0.29, 0.717) is 6.54 Å². The Morgan fingerprint density at radius 2 is 2.17 bits per heavy atom. The van der Waals surface area contributed by atoms with E-state index in [1.54, 1.807) is 0 Å². The monoisotopic (exact) mass is 253 g/mol. The molecule has 2 N–H and O–H groups in total. The molecular formula is C12H19N3O3. The van der Waals surface area contributed by atoms with Crippen LogP contribution in [0.2, 0.25) is 0 Å². The van der Waals surface area contributed by atoms with E-state index in [-0.39, 0.29) is 18.1 Å². The number of rotatable bonds is 8. The first-order chi connectivity index (χ1) is 8.63. The van der Waals surface area contributed by atoms with Crippen LogP contribution in [0.25, 0.3) is 0 Å². The number of carboxylic acid groups (broad SMARTS) is 1. The quantitative estimate of drug-likeness (QED) is 0.683. The summed E-state index contributed by atoms with van der Waals surface area (Å²) in [6, 6.07) is 1.52. The first-order valence-corrected chi connectivity index (χ1v) is 6.17. The molecule has 100 valence electrons. The Morgan fingerprint density at radius 1 is 1.39 bits per heavy atom. The van der Waals surface area contributed by atoms with Gasteiger partial charge in [0.25, 0.3) is 5.91 Å². The lowest BCUT2D eigenvalue weighted by atomic mass is 10.2. The van der Waals surface area contributed by atoms with Crippen molar-refractivity contribution in [1.82, 2.24) is 15.1 Å². The maximum absolute atomic E-state index is 11.6. The molecule has 1 aromatic heterocycles. The molecule has 0 unspecified atom stereocenters. The molecule has 1 rings (SSSR count). The number of hydrogen-bond donors (Lipinski definition) is 2. The Bertz CT molecular complexity index is 401. The van der Waals surface area contributed by atoms with Crippen LogP contribution in [0.1, 0.15) is 43.1 Å². The van der Waals surface area contributed by atoms with E-state index in [4.69, 9.17) is 5.11 Å². The van der Waals surface area contributed by atoms with Crippen LogP contribution in [0.3, 0.4) is 0 Å². The molecule has 0 aliphatic carbocycles. The van der Waals surface area contributed by atoms with Gasteiger partial charge in [-0.1, -0.05) is 26.2 Å². The van der Waals surface area contributed by atoms with Gasteiger partial charge in [-0.2, -0.15) is 5.10 Å². The minimum atomic E-state index is -0.982. The minimum absolute atomic E-state index is 0.232. The molecule has 0 aliphatic heterocycles. The number of carboxylic acids is 1. The van der Waals surface area contributed by atoms with Crippen LogP contribution in [-0.4, -0.2) is 33.3 Å². The summed E-state index contributed by atoms with van der Waals surface area (Å²) in [6.07, 6.45) is 5.87. The fraction of sp³-hybridized carbons (Fsp3) is 0.583. The average Bonchev–Trinajstić information content (AvgIpc) is 2.76. The molecule has 0 aromatic carbocycles. The maximum Gasteiger partial charge on any atom is 0.325 e. The molecule has 0 bridgehead atoms. The zero-order chi connectivity index (χ0) is 13.4. The number of nitrogens with one attached hydrogen (secondary N) is 1. The Kier molecular flexibility index (Phi) is 5.90. The smallest absolute Gasteiger partial charge is 0.325 e. The highest BCUT2D eigenvalue weighted by atomic mass is 16.4. The van der Waals surface area contributed by atoms with Crippen LogP contribution in [0.4, 0.5) is 0 Å². The molecule has 0 saturated carbocycles. The van der Waals surface area contributed by atoms with E-state index in [9.17, 15) is 9.59 Å². The van der Waals surface area contributed by atoms with Gasteiger partial charge in [-0.05, 0) is 12.5 Å². The summed E-state index contributed by atoms with van der Waals surface area (Å²) in [5.41, 5.74) is 0.256. The second-order valence-corrected chi connectivity index (χ2v) is 4.11. The van der Waals surface area contributed by atoms with Gasteiger partial charge >= 0.3 is 5.97 Å². The van der Waals surface area contributed by atoms with Crippen LogP contribution >= 0.6 is 0 Å². The lowest BCUT2D eigenvalue weighted by molar-refractivity contribution is -0.137. The third kappa shape index (κ3) is 4.99. The second kappa shape index (κ2) is 7.47. The summed E-state index contributed by atoms with van der Waals surface area (Å²) in [5, 5.41) is 15.2. The topological polar surface area (TPSA) is 84.2 Å². The van der Waals surface area contributed by atoms with E-state index in [1.165, 1.54) is 23.4 Å². The summed E-state index contributed by atoms with van der Waals surface area (Å²) in [7, 11) is 0. The summed E-state index contributed by atoms with van der Waals surface area (Å²) in [5.74, 6) is -1.24. The summed E-state index contributed by atoms with van der Waals surface area (Å²) in [4.78, 5) is 22.1. The molecule has 1 aromatic rings. The van der Waals surface area contributed by atoms with E-state index in [1.807, 2.05) is 0 Å². The van der Waals surface area contributed by atoms with Crippen molar-refractivity contribution < 1.29 is 14.7 Å². The molecule has 6 nitrogen and oxygen atoms in total. The van der Waals surface area contributed by atoms with Crippen molar-refractivity contribution in [1.29, 1.82) is 0 Å². The van der Waals surface area contributed by atoms with Crippen molar-refractivity contribution in [3.63, 3.8) is 0 Å². The molecule has 0 aliphatic rings. The lowest BCUT2D eigenvalue weighted by Gasteiger charge is -2.02. The van der Waals surface area contributed by atoms with E-state index in [0.717, 1.165) is 19.3 Å². The highest BCUT2D eigenvalue weighted by Crippen LogP contribution is 1.99. The molecule has 0 fully saturated rings. The van der Waals surface area contributed by atoms with E-state index < -0.39 is 5.97 Å². The largest absolute Gasteiger partial charge is 0.480 e. The Morgan fingerprint density at radius 3 is 2.83 bits per heavy atom. The second-order valence-electron chi connectivity index (χ2n) is 4.11. The van der Waals surface area contributed by atoms with Crippen molar-refractivity contribution in [2.75, 3.05) is 6.54 Å². The first kappa shape index (κ1) is 14.2. The Labute approximate surface area is 106 Å². The number of amides is 1. The average molecular weight is 253 g/mol. The standard InChI is InChI=1S/C12H19N3O3/c1-2-3-4-5-7-13-12(18)10-6-8-15(14-10)9-11(16)17/h6,8H,2-5,7,9H2,1H3,(H,13,18)(H,16,17). The SMILES string of the molecule is CCCCCCNC(=O)c1ccn(CC(=O)O)n1. The number of aliphatic carboxylic acids is 1. The van der Waals surface area contributed by atoms with Gasteiger partial charge in [-0.3, -0.25) is 14.3 Å². The fourth-order valence-electron chi connectivity index (χ4n) is 1.55. The molecule has 6 heteroatoms. The zero-order valence-electron chi connectivity index (χ0n) is 10.6. The van der Waals surface area contributed by atoms with Crippen molar-refractivity contribution in [2.24, 2.45) is 0 Å². The van der Waals surface area contributed by atoms with E-state index >= 15 is 0 Å². The molecule has 1 heterocycles. The van der Waals surface area contributed by atoms with Crippen LogP contribution in [0, 0.1) is 0 Å². The first-order valence-electron chi connectivity index (χ1n) is 6.17. The van der Waals surface area contributed by atoms with Crippen molar-refractivity contribution in [3.05, 3.63) is 18.0 Å². The molecular weight excluding hydrogens is 234 g/mol. The number of aromatic nitrogens is 2. The van der Waals surface area contributed by atoms with Gasteiger partial charge in [-0.15, -0.1) is 0 Å². The zero-order valence-corrected chi connectivity index (χ0v) is 10.6. The third-order valence-corrected chi connectivity index (χ3v) is 2.49. The van der Waals surface area contributed by atoms with Crippen molar-refractivity contribution in [2.45, 2.75) is 39.2 Å².